The second-order valence-corrected chi connectivity index (χ2v) is 8.97. The largest absolute Gasteiger partial charge is 0.424 e. The van der Waals surface area contributed by atoms with E-state index in [9.17, 15) is 4.79 Å². The van der Waals surface area contributed by atoms with Gasteiger partial charge in [0, 0.05) is 18.1 Å². The molecule has 1 amide bonds. The average Bonchev–Trinajstić information content (AvgIpc) is 3.47. The third-order valence-electron chi connectivity index (χ3n) is 6.21. The van der Waals surface area contributed by atoms with Gasteiger partial charge in [0.2, 0.25) is 0 Å². The fraction of sp³-hybridized carbons (Fsp3) is 0.333. The number of hydrogen-bond donors (Lipinski definition) is 1. The first-order valence-electron chi connectivity index (χ1n) is 11.1. The first-order chi connectivity index (χ1) is 16.0. The minimum absolute atomic E-state index is 0.00964. The lowest BCUT2D eigenvalue weighted by Gasteiger charge is -2.40. The van der Waals surface area contributed by atoms with Gasteiger partial charge in [-0.15, -0.1) is 0 Å². The van der Waals surface area contributed by atoms with E-state index in [0.717, 1.165) is 18.4 Å². The smallest absolute Gasteiger partial charge is 0.295 e. The summed E-state index contributed by atoms with van der Waals surface area (Å²) in [4.78, 5) is 21.7. The van der Waals surface area contributed by atoms with Gasteiger partial charge in [0.05, 0.1) is 29.7 Å². The Kier molecular flexibility index (Phi) is 5.76. The molecule has 0 saturated carbocycles. The summed E-state index contributed by atoms with van der Waals surface area (Å²) in [7, 11) is 0. The van der Waals surface area contributed by atoms with Crippen LogP contribution in [0, 0.1) is 12.8 Å². The topological polar surface area (TPSA) is 89.1 Å². The second-order valence-electron chi connectivity index (χ2n) is 8.54. The summed E-state index contributed by atoms with van der Waals surface area (Å²) in [5.41, 5.74) is 3.69. The Bertz CT molecular complexity index is 1290. The predicted molar refractivity (Wildman–Crippen MR) is 127 cm³/mol. The lowest BCUT2D eigenvalue weighted by molar-refractivity contribution is 0.0539. The molecule has 1 fully saturated rings. The molecule has 2 aromatic heterocycles. The van der Waals surface area contributed by atoms with Crippen LogP contribution in [0.1, 0.15) is 35.7 Å². The Hall–Kier alpha value is -3.39. The normalized spacial score (nSPS) is 18.6. The van der Waals surface area contributed by atoms with E-state index < -0.39 is 0 Å². The van der Waals surface area contributed by atoms with Crippen LogP contribution in [0.15, 0.2) is 53.2 Å². The number of hydrogen-bond acceptors (Lipinski definition) is 6. The second kappa shape index (κ2) is 8.86. The number of nitrogens with one attached hydrogen (secondary N) is 1. The van der Waals surface area contributed by atoms with Gasteiger partial charge >= 0.3 is 0 Å². The number of carbonyl (C=O) groups is 1. The fourth-order valence-electron chi connectivity index (χ4n) is 4.46. The standard InChI is InChI=1S/C24H25ClN6O2/c1-15-5-7-18(20(12-15)31-27-9-10-28-31)23(32)30-11-3-4-16(2)21(30)14-26-24-29-19-13-17(25)6-8-22(19)33-24/h5-10,12-13,16,21H,3-4,11,14H2,1-2H3,(H,26,29). The number of fused-ring (bicyclic) bond motifs is 1. The van der Waals surface area contributed by atoms with E-state index in [1.807, 2.05) is 30.0 Å². The summed E-state index contributed by atoms with van der Waals surface area (Å²) in [6, 6.07) is 11.5. The number of nitrogens with zero attached hydrogens (tertiary/aromatic N) is 5. The predicted octanol–water partition coefficient (Wildman–Crippen LogP) is 4.72. The molecule has 1 aliphatic heterocycles. The van der Waals surface area contributed by atoms with Crippen molar-refractivity contribution < 1.29 is 9.21 Å². The van der Waals surface area contributed by atoms with Gasteiger partial charge in [-0.1, -0.05) is 24.6 Å². The fourth-order valence-corrected chi connectivity index (χ4v) is 4.63. The quantitative estimate of drug-likeness (QED) is 0.459. The van der Waals surface area contributed by atoms with Gasteiger partial charge in [0.25, 0.3) is 11.9 Å². The molecule has 0 aliphatic carbocycles. The molecule has 170 valence electrons. The average molecular weight is 465 g/mol. The Morgan fingerprint density at radius 2 is 2.03 bits per heavy atom. The lowest BCUT2D eigenvalue weighted by atomic mass is 9.90. The summed E-state index contributed by atoms with van der Waals surface area (Å²) >= 11 is 6.06. The zero-order valence-corrected chi connectivity index (χ0v) is 19.3. The first-order valence-corrected chi connectivity index (χ1v) is 11.5. The van der Waals surface area contributed by atoms with Crippen LogP contribution in [0.25, 0.3) is 16.8 Å². The van der Waals surface area contributed by atoms with Gasteiger partial charge < -0.3 is 14.6 Å². The van der Waals surface area contributed by atoms with Gasteiger partial charge in [-0.3, -0.25) is 4.79 Å². The molecular weight excluding hydrogens is 440 g/mol. The number of rotatable bonds is 5. The number of likely N-dealkylation sites (tertiary alicyclic amines) is 1. The molecule has 33 heavy (non-hydrogen) atoms. The Labute approximate surface area is 196 Å². The van der Waals surface area contributed by atoms with Gasteiger partial charge in [0.1, 0.15) is 5.52 Å². The Morgan fingerprint density at radius 1 is 1.21 bits per heavy atom. The molecule has 2 aromatic carbocycles. The third kappa shape index (κ3) is 4.30. The highest BCUT2D eigenvalue weighted by atomic mass is 35.5. The molecule has 4 aromatic rings. The van der Waals surface area contributed by atoms with Crippen LogP contribution in [0.3, 0.4) is 0 Å². The van der Waals surface area contributed by atoms with Gasteiger partial charge in [-0.2, -0.15) is 20.0 Å². The number of aryl methyl sites for hydroxylation is 1. The first kappa shape index (κ1) is 21.5. The molecule has 1 aliphatic rings. The molecule has 1 N–H and O–H groups in total. The summed E-state index contributed by atoms with van der Waals surface area (Å²) in [5.74, 6) is 0.302. The van der Waals surface area contributed by atoms with Crippen LogP contribution >= 0.6 is 11.6 Å². The van der Waals surface area contributed by atoms with E-state index in [2.05, 4.69) is 27.4 Å². The van der Waals surface area contributed by atoms with E-state index >= 15 is 0 Å². The van der Waals surface area contributed by atoms with Crippen molar-refractivity contribution in [2.24, 2.45) is 5.92 Å². The summed E-state index contributed by atoms with van der Waals surface area (Å²) < 4.78 is 5.81. The zero-order valence-electron chi connectivity index (χ0n) is 18.5. The minimum Gasteiger partial charge on any atom is -0.424 e. The monoisotopic (exact) mass is 464 g/mol. The maximum absolute atomic E-state index is 13.7. The number of benzene rings is 2. The molecule has 1 saturated heterocycles. The molecule has 0 spiro atoms. The molecule has 8 nitrogen and oxygen atoms in total. The van der Waals surface area contributed by atoms with Crippen molar-refractivity contribution in [3.8, 4) is 5.69 Å². The lowest BCUT2D eigenvalue weighted by Crippen LogP contribution is -2.51. The van der Waals surface area contributed by atoms with E-state index in [1.165, 1.54) is 4.80 Å². The van der Waals surface area contributed by atoms with Crippen LogP contribution in [-0.4, -0.2) is 49.9 Å². The highest BCUT2D eigenvalue weighted by Gasteiger charge is 2.33. The number of carbonyl (C=O) groups excluding carboxylic acids is 1. The van der Waals surface area contributed by atoms with Gasteiger partial charge in [0.15, 0.2) is 5.58 Å². The molecule has 2 atom stereocenters. The van der Waals surface area contributed by atoms with Crippen LogP contribution in [0.4, 0.5) is 6.01 Å². The van der Waals surface area contributed by atoms with Crippen molar-refractivity contribution in [2.45, 2.75) is 32.7 Å². The molecule has 0 radical (unpaired) electrons. The Morgan fingerprint density at radius 3 is 2.85 bits per heavy atom. The van der Waals surface area contributed by atoms with Crippen molar-refractivity contribution in [3.63, 3.8) is 0 Å². The van der Waals surface area contributed by atoms with Crippen molar-refractivity contribution in [1.82, 2.24) is 24.9 Å². The molecule has 2 unspecified atom stereocenters. The number of anilines is 1. The van der Waals surface area contributed by atoms with Crippen molar-refractivity contribution in [1.29, 1.82) is 0 Å². The van der Waals surface area contributed by atoms with Gasteiger partial charge in [-0.25, -0.2) is 0 Å². The molecule has 0 bridgehead atoms. The molecule has 9 heteroatoms. The third-order valence-corrected chi connectivity index (χ3v) is 6.44. The van der Waals surface area contributed by atoms with Crippen LogP contribution in [0.2, 0.25) is 5.02 Å². The van der Waals surface area contributed by atoms with E-state index in [1.54, 1.807) is 30.6 Å². The maximum atomic E-state index is 13.7. The molecular formula is C24H25ClN6O2. The maximum Gasteiger partial charge on any atom is 0.295 e. The van der Waals surface area contributed by atoms with Crippen molar-refractivity contribution >= 4 is 34.6 Å². The van der Waals surface area contributed by atoms with Crippen LogP contribution in [0.5, 0.6) is 0 Å². The van der Waals surface area contributed by atoms with Crippen molar-refractivity contribution in [2.75, 3.05) is 18.4 Å². The van der Waals surface area contributed by atoms with Crippen LogP contribution < -0.4 is 5.32 Å². The number of halogens is 1. The molecule has 3 heterocycles. The minimum atomic E-state index is -0.0232. The van der Waals surface area contributed by atoms with E-state index in [4.69, 9.17) is 16.0 Å². The van der Waals surface area contributed by atoms with Gasteiger partial charge in [-0.05, 0) is 61.6 Å². The highest BCUT2D eigenvalue weighted by molar-refractivity contribution is 6.31. The Balaban J connectivity index is 1.40. The number of piperidine rings is 1. The summed E-state index contributed by atoms with van der Waals surface area (Å²) in [6.07, 6.45) is 5.24. The number of oxazole rings is 1. The summed E-state index contributed by atoms with van der Waals surface area (Å²) in [5, 5.41) is 12.4. The summed E-state index contributed by atoms with van der Waals surface area (Å²) in [6.45, 7) is 5.40. The molecule has 5 rings (SSSR count). The zero-order chi connectivity index (χ0) is 22.9. The number of amides is 1. The highest BCUT2D eigenvalue weighted by Crippen LogP contribution is 2.28. The SMILES string of the molecule is Cc1ccc(C(=O)N2CCCC(C)C2CNc2nc3cc(Cl)ccc3o2)c(-n2nccn2)c1. The van der Waals surface area contributed by atoms with E-state index in [0.29, 0.717) is 52.4 Å². The van der Waals surface area contributed by atoms with E-state index in [-0.39, 0.29) is 11.9 Å². The van der Waals surface area contributed by atoms with Crippen molar-refractivity contribution in [3.05, 3.63) is 64.9 Å². The van der Waals surface area contributed by atoms with Crippen LogP contribution in [-0.2, 0) is 0 Å². The number of aromatic nitrogens is 4.